The van der Waals surface area contributed by atoms with Gasteiger partial charge in [-0.3, -0.25) is 0 Å². The number of hydrogen-bond donors (Lipinski definition) is 0. The van der Waals surface area contributed by atoms with E-state index in [4.69, 9.17) is 37.4 Å². The Bertz CT molecular complexity index is 970. The molecule has 0 radical (unpaired) electrons. The first kappa shape index (κ1) is 23.3. The smallest absolute Gasteiger partial charge is 0.348 e. The molecule has 0 aliphatic carbocycles. The normalized spacial score (nSPS) is 11.0. The second-order valence-electron chi connectivity index (χ2n) is 5.68. The molecule has 2 rings (SSSR count). The minimum atomic E-state index is -0.666. The molecular weight excluding hydrogens is 528 g/mol. The molecule has 0 amide bonds. The van der Waals surface area contributed by atoms with Crippen molar-refractivity contribution in [2.75, 3.05) is 13.2 Å². The second kappa shape index (κ2) is 11.3. The maximum absolute atomic E-state index is 11.9. The lowest BCUT2D eigenvalue weighted by Crippen LogP contribution is -2.06. The molecule has 0 aliphatic rings. The predicted octanol–water partition coefficient (Wildman–Crippen LogP) is 6.05. The largest absolute Gasteiger partial charge is 0.490 e. The molecule has 0 heterocycles. The Labute approximate surface area is 193 Å². The van der Waals surface area contributed by atoms with Crippen molar-refractivity contribution >= 4 is 57.8 Å². The molecule has 0 atom stereocenters. The summed E-state index contributed by atoms with van der Waals surface area (Å²) >= 11 is 14.3. The maximum atomic E-state index is 11.9. The number of benzene rings is 2. The van der Waals surface area contributed by atoms with Crippen LogP contribution in [-0.2, 0) is 16.1 Å². The second-order valence-corrected chi connectivity index (χ2v) is 7.68. The Morgan fingerprint density at radius 1 is 1.17 bits per heavy atom. The van der Waals surface area contributed by atoms with E-state index < -0.39 is 5.97 Å². The number of esters is 1. The number of halogens is 3. The molecule has 2 aromatic rings. The fourth-order valence-corrected chi connectivity index (χ4v) is 3.62. The first-order chi connectivity index (χ1) is 13.9. The Balaban J connectivity index is 2.34. The summed E-state index contributed by atoms with van der Waals surface area (Å²) in [7, 11) is 0. The third-order valence-corrected chi connectivity index (χ3v) is 5.03. The van der Waals surface area contributed by atoms with Crippen molar-refractivity contribution in [2.45, 2.75) is 20.5 Å². The van der Waals surface area contributed by atoms with Crippen LogP contribution in [0.4, 0.5) is 0 Å². The van der Waals surface area contributed by atoms with Gasteiger partial charge in [0.05, 0.1) is 16.8 Å². The van der Waals surface area contributed by atoms with Crippen LogP contribution in [0.2, 0.25) is 10.0 Å². The number of rotatable bonds is 8. The summed E-state index contributed by atoms with van der Waals surface area (Å²) in [6.07, 6.45) is 1.46. The number of carbonyl (C=O) groups excluding carboxylic acids is 1. The molecule has 29 heavy (non-hydrogen) atoms. The Kier molecular flexibility index (Phi) is 9.08. The van der Waals surface area contributed by atoms with Crippen molar-refractivity contribution in [1.29, 1.82) is 5.26 Å². The average molecular weight is 546 g/mol. The van der Waals surface area contributed by atoms with Gasteiger partial charge < -0.3 is 14.2 Å². The fraction of sp³-hybridized carbons (Fsp3) is 0.238. The van der Waals surface area contributed by atoms with E-state index in [0.717, 1.165) is 9.13 Å². The van der Waals surface area contributed by atoms with Gasteiger partial charge in [-0.25, -0.2) is 4.79 Å². The molecule has 0 bridgehead atoms. The maximum Gasteiger partial charge on any atom is 0.348 e. The third kappa shape index (κ3) is 6.53. The SMILES string of the molecule is CCOC(=O)/C(C#N)=C\c1cc(I)c(OCc2ccc(Cl)cc2Cl)c(OCC)c1. The van der Waals surface area contributed by atoms with Crippen LogP contribution in [0.5, 0.6) is 11.5 Å². The minimum absolute atomic E-state index is 0.0910. The first-order valence-corrected chi connectivity index (χ1v) is 10.5. The molecule has 0 aliphatic heterocycles. The standard InChI is InChI=1S/C21H18Cl2INO4/c1-3-27-19-9-13(7-15(11-25)21(26)28-4-2)8-18(24)20(19)29-12-14-5-6-16(22)10-17(14)23/h5-10H,3-4,12H2,1-2H3/b15-7-. The van der Waals surface area contributed by atoms with E-state index in [1.54, 1.807) is 37.3 Å². The van der Waals surface area contributed by atoms with Gasteiger partial charge in [0.1, 0.15) is 18.2 Å². The molecule has 0 saturated heterocycles. The summed E-state index contributed by atoms with van der Waals surface area (Å²) in [5.41, 5.74) is 1.32. The number of ether oxygens (including phenoxy) is 3. The van der Waals surface area contributed by atoms with Crippen LogP contribution in [0.25, 0.3) is 6.08 Å². The van der Waals surface area contributed by atoms with Crippen LogP contribution in [-0.4, -0.2) is 19.2 Å². The summed E-state index contributed by atoms with van der Waals surface area (Å²) in [4.78, 5) is 11.9. The van der Waals surface area contributed by atoms with Crippen LogP contribution < -0.4 is 9.47 Å². The molecular formula is C21H18Cl2INO4. The summed E-state index contributed by atoms with van der Waals surface area (Å²) in [6, 6.07) is 10.6. The van der Waals surface area contributed by atoms with Gasteiger partial charge in [-0.05, 0) is 72.3 Å². The topological polar surface area (TPSA) is 68.6 Å². The van der Waals surface area contributed by atoms with E-state index in [0.29, 0.717) is 33.7 Å². The van der Waals surface area contributed by atoms with Crippen molar-refractivity contribution in [2.24, 2.45) is 0 Å². The van der Waals surface area contributed by atoms with Crippen molar-refractivity contribution in [3.8, 4) is 17.6 Å². The van der Waals surface area contributed by atoms with Crippen molar-refractivity contribution in [3.63, 3.8) is 0 Å². The van der Waals surface area contributed by atoms with Crippen LogP contribution in [0.1, 0.15) is 25.0 Å². The lowest BCUT2D eigenvalue weighted by molar-refractivity contribution is -0.137. The van der Waals surface area contributed by atoms with Gasteiger partial charge in [-0.15, -0.1) is 0 Å². The number of hydrogen-bond acceptors (Lipinski definition) is 5. The predicted molar refractivity (Wildman–Crippen MR) is 121 cm³/mol. The lowest BCUT2D eigenvalue weighted by Gasteiger charge is -2.15. The van der Waals surface area contributed by atoms with Crippen LogP contribution in [0.15, 0.2) is 35.9 Å². The molecule has 0 N–H and O–H groups in total. The van der Waals surface area contributed by atoms with Gasteiger partial charge in [0.15, 0.2) is 11.5 Å². The molecule has 8 heteroatoms. The van der Waals surface area contributed by atoms with Crippen molar-refractivity contribution in [1.82, 2.24) is 0 Å². The Morgan fingerprint density at radius 3 is 2.55 bits per heavy atom. The highest BCUT2D eigenvalue weighted by atomic mass is 127. The minimum Gasteiger partial charge on any atom is -0.490 e. The highest BCUT2D eigenvalue weighted by molar-refractivity contribution is 14.1. The molecule has 5 nitrogen and oxygen atoms in total. The van der Waals surface area contributed by atoms with Gasteiger partial charge in [-0.1, -0.05) is 29.3 Å². The third-order valence-electron chi connectivity index (χ3n) is 3.65. The van der Waals surface area contributed by atoms with Gasteiger partial charge in [0, 0.05) is 15.6 Å². The number of nitriles is 1. The fourth-order valence-electron chi connectivity index (χ4n) is 2.38. The van der Waals surface area contributed by atoms with Gasteiger partial charge >= 0.3 is 5.97 Å². The Morgan fingerprint density at radius 2 is 1.93 bits per heavy atom. The van der Waals surface area contributed by atoms with E-state index in [9.17, 15) is 10.1 Å². The van der Waals surface area contributed by atoms with E-state index in [1.165, 1.54) is 6.08 Å². The van der Waals surface area contributed by atoms with Crippen molar-refractivity contribution < 1.29 is 19.0 Å². The van der Waals surface area contributed by atoms with E-state index in [1.807, 2.05) is 13.0 Å². The van der Waals surface area contributed by atoms with Crippen LogP contribution in [0, 0.1) is 14.9 Å². The highest BCUT2D eigenvalue weighted by Gasteiger charge is 2.15. The van der Waals surface area contributed by atoms with Gasteiger partial charge in [0.25, 0.3) is 0 Å². The van der Waals surface area contributed by atoms with Crippen LogP contribution >= 0.6 is 45.8 Å². The molecule has 0 unspecified atom stereocenters. The van der Waals surface area contributed by atoms with Crippen LogP contribution in [0.3, 0.4) is 0 Å². The zero-order valence-corrected chi connectivity index (χ0v) is 19.5. The zero-order valence-electron chi connectivity index (χ0n) is 15.8. The molecule has 152 valence electrons. The van der Waals surface area contributed by atoms with E-state index >= 15 is 0 Å². The summed E-state index contributed by atoms with van der Waals surface area (Å²) < 4.78 is 17.3. The summed E-state index contributed by atoms with van der Waals surface area (Å²) in [5, 5.41) is 10.3. The van der Waals surface area contributed by atoms with Gasteiger partial charge in [0.2, 0.25) is 0 Å². The summed E-state index contributed by atoms with van der Waals surface area (Å²) in [5.74, 6) is 0.378. The number of carbonyl (C=O) groups is 1. The molecule has 0 spiro atoms. The van der Waals surface area contributed by atoms with Gasteiger partial charge in [-0.2, -0.15) is 5.26 Å². The van der Waals surface area contributed by atoms with E-state index in [-0.39, 0.29) is 18.8 Å². The molecule has 0 fully saturated rings. The molecule has 0 saturated carbocycles. The average Bonchev–Trinajstić information content (AvgIpc) is 2.67. The summed E-state index contributed by atoms with van der Waals surface area (Å²) in [6.45, 7) is 4.38. The molecule has 0 aromatic heterocycles. The quantitative estimate of drug-likeness (QED) is 0.175. The molecule has 2 aromatic carbocycles. The first-order valence-electron chi connectivity index (χ1n) is 8.71. The lowest BCUT2D eigenvalue weighted by atomic mass is 10.1. The zero-order chi connectivity index (χ0) is 21.4. The highest BCUT2D eigenvalue weighted by Crippen LogP contribution is 2.36. The monoisotopic (exact) mass is 545 g/mol. The Hall–Kier alpha value is -1.95. The van der Waals surface area contributed by atoms with Crippen molar-refractivity contribution in [3.05, 3.63) is 60.6 Å². The number of nitrogens with zero attached hydrogens (tertiary/aromatic N) is 1. The van der Waals surface area contributed by atoms with E-state index in [2.05, 4.69) is 22.6 Å².